The van der Waals surface area contributed by atoms with Crippen LogP contribution in [-0.2, 0) is 24.4 Å². The van der Waals surface area contributed by atoms with E-state index in [-0.39, 0.29) is 6.10 Å². The summed E-state index contributed by atoms with van der Waals surface area (Å²) in [5.74, 6) is 1.35. The van der Waals surface area contributed by atoms with Crippen molar-refractivity contribution in [3.05, 3.63) is 41.8 Å². The van der Waals surface area contributed by atoms with E-state index in [9.17, 15) is 0 Å². The molecule has 2 aromatic heterocycles. The molecule has 7 heteroatoms. The zero-order valence-electron chi connectivity index (χ0n) is 14.4. The predicted octanol–water partition coefficient (Wildman–Crippen LogP) is 1.71. The average Bonchev–Trinajstić information content (AvgIpc) is 3.20. The highest BCUT2D eigenvalue weighted by atomic mass is 16.5. The topological polar surface area (TPSA) is 67.5 Å². The molecule has 1 aliphatic heterocycles. The lowest BCUT2D eigenvalue weighted by Gasteiger charge is -2.23. The van der Waals surface area contributed by atoms with E-state index >= 15 is 0 Å². The van der Waals surface area contributed by atoms with Crippen molar-refractivity contribution in [2.75, 3.05) is 27.2 Å². The van der Waals surface area contributed by atoms with Crippen molar-refractivity contribution in [2.24, 2.45) is 0 Å². The number of ether oxygens (including phenoxy) is 1. The second-order valence-electron chi connectivity index (χ2n) is 6.47. The van der Waals surface area contributed by atoms with Gasteiger partial charge in [-0.15, -0.1) is 0 Å². The van der Waals surface area contributed by atoms with Crippen LogP contribution in [0.3, 0.4) is 0 Å². The summed E-state index contributed by atoms with van der Waals surface area (Å²) in [5.41, 5.74) is 1.03. The molecule has 7 nitrogen and oxygen atoms in total. The van der Waals surface area contributed by atoms with E-state index in [0.717, 1.165) is 38.2 Å². The molecule has 0 spiro atoms. The van der Waals surface area contributed by atoms with E-state index in [2.05, 4.69) is 20.0 Å². The summed E-state index contributed by atoms with van der Waals surface area (Å²) >= 11 is 0. The van der Waals surface area contributed by atoms with Crippen molar-refractivity contribution < 1.29 is 9.26 Å². The first-order valence-electron chi connectivity index (χ1n) is 8.39. The molecular formula is C17H25N5O2. The average molecular weight is 331 g/mol. The molecular weight excluding hydrogens is 306 g/mol. The first kappa shape index (κ1) is 17.0. The van der Waals surface area contributed by atoms with E-state index in [1.807, 2.05) is 43.4 Å². The maximum atomic E-state index is 5.78. The highest BCUT2D eigenvalue weighted by molar-refractivity contribution is 5.03. The number of hydrogen-bond donors (Lipinski definition) is 0. The van der Waals surface area contributed by atoms with Crippen molar-refractivity contribution in [1.82, 2.24) is 24.9 Å². The van der Waals surface area contributed by atoms with Crippen LogP contribution in [0, 0.1) is 0 Å². The Balaban J connectivity index is 1.65. The Labute approximate surface area is 142 Å². The maximum absolute atomic E-state index is 5.78. The maximum Gasteiger partial charge on any atom is 0.240 e. The molecule has 2 aromatic rings. The number of pyridine rings is 1. The molecule has 0 amide bonds. The predicted molar refractivity (Wildman–Crippen MR) is 89.0 cm³/mol. The minimum Gasteiger partial charge on any atom is -0.377 e. The molecule has 24 heavy (non-hydrogen) atoms. The second-order valence-corrected chi connectivity index (χ2v) is 6.47. The zero-order chi connectivity index (χ0) is 16.8. The molecule has 0 N–H and O–H groups in total. The van der Waals surface area contributed by atoms with Gasteiger partial charge in [0.2, 0.25) is 5.89 Å². The van der Waals surface area contributed by atoms with Gasteiger partial charge < -0.3 is 14.2 Å². The van der Waals surface area contributed by atoms with Crippen molar-refractivity contribution in [1.29, 1.82) is 0 Å². The molecule has 130 valence electrons. The van der Waals surface area contributed by atoms with Crippen LogP contribution in [0.1, 0.15) is 30.3 Å². The van der Waals surface area contributed by atoms with Crippen molar-refractivity contribution >= 4 is 0 Å². The summed E-state index contributed by atoms with van der Waals surface area (Å²) < 4.78 is 11.2. The Morgan fingerprint density at radius 1 is 1.21 bits per heavy atom. The smallest absolute Gasteiger partial charge is 0.240 e. The molecule has 3 rings (SSSR count). The molecule has 1 unspecified atom stereocenters. The Bertz CT molecular complexity index is 610. The van der Waals surface area contributed by atoms with Gasteiger partial charge in [0.15, 0.2) is 5.82 Å². The third-order valence-electron chi connectivity index (χ3n) is 3.92. The normalized spacial score (nSPS) is 17.9. The van der Waals surface area contributed by atoms with E-state index in [0.29, 0.717) is 24.8 Å². The SMILES string of the molecule is CN(C)Cc1noc(CN(Cc2ccccn2)CC2CCCO2)n1. The van der Waals surface area contributed by atoms with Gasteiger partial charge in [0, 0.05) is 25.9 Å². The minimum absolute atomic E-state index is 0.276. The Morgan fingerprint density at radius 3 is 2.83 bits per heavy atom. The first-order valence-corrected chi connectivity index (χ1v) is 8.39. The third-order valence-corrected chi connectivity index (χ3v) is 3.92. The van der Waals surface area contributed by atoms with E-state index in [4.69, 9.17) is 9.26 Å². The Hall–Kier alpha value is -1.83. The zero-order valence-corrected chi connectivity index (χ0v) is 14.4. The highest BCUT2D eigenvalue weighted by Crippen LogP contribution is 2.16. The van der Waals surface area contributed by atoms with Gasteiger partial charge in [0.1, 0.15) is 0 Å². The van der Waals surface area contributed by atoms with Gasteiger partial charge >= 0.3 is 0 Å². The Morgan fingerprint density at radius 2 is 2.12 bits per heavy atom. The highest BCUT2D eigenvalue weighted by Gasteiger charge is 2.21. The van der Waals surface area contributed by atoms with Gasteiger partial charge in [-0.25, -0.2) is 0 Å². The number of nitrogens with zero attached hydrogens (tertiary/aromatic N) is 5. The van der Waals surface area contributed by atoms with Crippen LogP contribution >= 0.6 is 0 Å². The Kier molecular flexibility index (Phi) is 5.90. The molecule has 1 atom stereocenters. The van der Waals surface area contributed by atoms with E-state index < -0.39 is 0 Å². The van der Waals surface area contributed by atoms with Crippen LogP contribution in [0.4, 0.5) is 0 Å². The van der Waals surface area contributed by atoms with Crippen LogP contribution in [0.2, 0.25) is 0 Å². The fraction of sp³-hybridized carbons (Fsp3) is 0.588. The van der Waals surface area contributed by atoms with Crippen LogP contribution in [0.15, 0.2) is 28.9 Å². The third kappa shape index (κ3) is 5.09. The molecule has 0 radical (unpaired) electrons. The molecule has 0 aromatic carbocycles. The van der Waals surface area contributed by atoms with E-state index in [1.165, 1.54) is 0 Å². The van der Waals surface area contributed by atoms with Crippen LogP contribution in [0.25, 0.3) is 0 Å². The lowest BCUT2D eigenvalue weighted by molar-refractivity contribution is 0.0636. The number of hydrogen-bond acceptors (Lipinski definition) is 7. The molecule has 1 saturated heterocycles. The van der Waals surface area contributed by atoms with Crippen molar-refractivity contribution in [2.45, 2.75) is 38.6 Å². The summed E-state index contributed by atoms with van der Waals surface area (Å²) in [6, 6.07) is 5.97. The molecule has 0 aliphatic carbocycles. The van der Waals surface area contributed by atoms with Gasteiger partial charge in [-0.1, -0.05) is 11.2 Å². The quantitative estimate of drug-likeness (QED) is 0.729. The fourth-order valence-electron chi connectivity index (χ4n) is 2.87. The minimum atomic E-state index is 0.276. The summed E-state index contributed by atoms with van der Waals surface area (Å²) in [4.78, 5) is 13.2. The van der Waals surface area contributed by atoms with Crippen LogP contribution in [0.5, 0.6) is 0 Å². The van der Waals surface area contributed by atoms with Crippen LogP contribution < -0.4 is 0 Å². The van der Waals surface area contributed by atoms with E-state index in [1.54, 1.807) is 0 Å². The largest absolute Gasteiger partial charge is 0.377 e. The lowest BCUT2D eigenvalue weighted by atomic mass is 10.2. The number of aromatic nitrogens is 3. The lowest BCUT2D eigenvalue weighted by Crippen LogP contribution is -2.31. The standard InChI is InChI=1S/C17H25N5O2/c1-21(2)12-16-19-17(24-20-16)13-22(11-15-7-5-9-23-15)10-14-6-3-4-8-18-14/h3-4,6,8,15H,5,7,9-13H2,1-2H3. The van der Waals surface area contributed by atoms with Gasteiger partial charge in [-0.2, -0.15) is 4.98 Å². The summed E-state index contributed by atoms with van der Waals surface area (Å²) in [5, 5.41) is 4.05. The van der Waals surface area contributed by atoms with Crippen molar-refractivity contribution in [3.63, 3.8) is 0 Å². The fourth-order valence-corrected chi connectivity index (χ4v) is 2.87. The second kappa shape index (κ2) is 8.32. The van der Waals surface area contributed by atoms with Gasteiger partial charge in [-0.3, -0.25) is 9.88 Å². The molecule has 3 heterocycles. The molecule has 0 bridgehead atoms. The van der Waals surface area contributed by atoms with Gasteiger partial charge in [0.05, 0.1) is 24.9 Å². The van der Waals surface area contributed by atoms with Crippen LogP contribution in [-0.4, -0.2) is 58.3 Å². The number of rotatable bonds is 8. The monoisotopic (exact) mass is 331 g/mol. The first-order chi connectivity index (χ1) is 11.7. The van der Waals surface area contributed by atoms with Crippen molar-refractivity contribution in [3.8, 4) is 0 Å². The summed E-state index contributed by atoms with van der Waals surface area (Å²) in [6.07, 6.45) is 4.34. The molecule has 1 fully saturated rings. The van der Waals surface area contributed by atoms with Gasteiger partial charge in [0.25, 0.3) is 0 Å². The molecule has 0 saturated carbocycles. The van der Waals surface area contributed by atoms with Gasteiger partial charge in [-0.05, 0) is 39.1 Å². The molecule has 1 aliphatic rings. The summed E-state index contributed by atoms with van der Waals surface area (Å²) in [7, 11) is 3.97. The summed E-state index contributed by atoms with van der Waals surface area (Å²) in [6.45, 7) is 3.73.